The van der Waals surface area contributed by atoms with Gasteiger partial charge in [-0.2, -0.15) is 0 Å². The summed E-state index contributed by atoms with van der Waals surface area (Å²) in [4.78, 5) is 28.9. The lowest BCUT2D eigenvalue weighted by Crippen LogP contribution is -2.50. The average Bonchev–Trinajstić information content (AvgIpc) is 2.87. The summed E-state index contributed by atoms with van der Waals surface area (Å²) in [6, 6.07) is 8.12. The normalized spacial score (nSPS) is 17.0. The van der Waals surface area contributed by atoms with Gasteiger partial charge in [0.25, 0.3) is 0 Å². The molecule has 0 spiro atoms. The van der Waals surface area contributed by atoms with Crippen LogP contribution in [0.25, 0.3) is 21.7 Å². The molecule has 192 valence electrons. The van der Waals surface area contributed by atoms with Crippen LogP contribution < -0.4 is 4.90 Å². The number of rotatable bonds is 6. The molecule has 4 rings (SSSR count). The van der Waals surface area contributed by atoms with E-state index >= 15 is 0 Å². The molecule has 0 N–H and O–H groups in total. The van der Waals surface area contributed by atoms with E-state index in [-0.39, 0.29) is 12.6 Å². The molecule has 0 atom stereocenters. The fourth-order valence-electron chi connectivity index (χ4n) is 4.97. The fourth-order valence-corrected chi connectivity index (χ4v) is 4.97. The third-order valence-electron chi connectivity index (χ3n) is 6.78. The maximum absolute atomic E-state index is 12.5. The Morgan fingerprint density at radius 1 is 1.14 bits per heavy atom. The van der Waals surface area contributed by atoms with Crippen LogP contribution in [0, 0.1) is 5.92 Å². The first-order valence-electron chi connectivity index (χ1n) is 13.0. The highest BCUT2D eigenvalue weighted by molar-refractivity contribution is 5.69. The number of nitrogens with zero attached hydrogens (tertiary/aromatic N) is 7. The van der Waals surface area contributed by atoms with Gasteiger partial charge < -0.3 is 14.5 Å². The van der Waals surface area contributed by atoms with Crippen LogP contribution in [0.4, 0.5) is 10.6 Å². The number of amides is 1. The summed E-state index contributed by atoms with van der Waals surface area (Å²) in [5, 5.41) is 3.78. The summed E-state index contributed by atoms with van der Waals surface area (Å²) in [6.45, 7) is 8.32. The summed E-state index contributed by atoms with van der Waals surface area (Å²) in [6.07, 6.45) is 9.14. The monoisotopic (exact) mass is 491 g/mol. The zero-order valence-electron chi connectivity index (χ0n) is 21.7. The van der Waals surface area contributed by atoms with Gasteiger partial charge in [0.05, 0.1) is 12.2 Å². The molecule has 1 aliphatic carbocycles. The largest absolute Gasteiger partial charge is 0.444 e. The van der Waals surface area contributed by atoms with Crippen molar-refractivity contribution in [2.45, 2.75) is 71.4 Å². The topological polar surface area (TPSA) is 107 Å². The zero-order chi connectivity index (χ0) is 25.5. The zero-order valence-corrected chi connectivity index (χ0v) is 21.7. The summed E-state index contributed by atoms with van der Waals surface area (Å²) < 4.78 is 5.52. The maximum Gasteiger partial charge on any atom is 0.410 e. The minimum atomic E-state index is -0.513. The fraction of sp³-hybridized carbons (Fsp3) is 0.593. The Morgan fingerprint density at radius 2 is 1.89 bits per heavy atom. The van der Waals surface area contributed by atoms with Crippen LogP contribution in [0.3, 0.4) is 0 Å². The Balaban J connectivity index is 1.52. The number of pyridine rings is 2. The first-order valence-corrected chi connectivity index (χ1v) is 13.0. The Morgan fingerprint density at radius 3 is 2.58 bits per heavy atom. The molecule has 36 heavy (non-hydrogen) atoms. The SMILES string of the molecule is CC(C)(C)OC(=O)N1CCN(c2cc(CN=[N+]=[N-])cc(-c3ccnc(CC4CCCCC4)c3)n2)CC1. The minimum Gasteiger partial charge on any atom is -0.444 e. The van der Waals surface area contributed by atoms with Gasteiger partial charge in [-0.25, -0.2) is 9.78 Å². The minimum absolute atomic E-state index is 0.261. The summed E-state index contributed by atoms with van der Waals surface area (Å²) in [7, 11) is 0. The molecule has 9 heteroatoms. The van der Waals surface area contributed by atoms with Crippen molar-refractivity contribution in [2.24, 2.45) is 11.0 Å². The van der Waals surface area contributed by atoms with Crippen LogP contribution in [0.2, 0.25) is 0 Å². The highest BCUT2D eigenvalue weighted by atomic mass is 16.6. The standard InChI is InChI=1S/C27H37N7O2/c1-27(2,3)36-26(35)34-13-11-33(12-14-34)25-17-21(19-30-32-28)16-24(31-25)22-9-10-29-23(18-22)15-20-7-5-4-6-8-20/h9-10,16-18,20H,4-8,11-15,19H2,1-3H3. The number of piperazine rings is 1. The Labute approximate surface area is 213 Å². The van der Waals surface area contributed by atoms with E-state index in [1.165, 1.54) is 32.1 Å². The van der Waals surface area contributed by atoms with E-state index in [4.69, 9.17) is 15.3 Å². The van der Waals surface area contributed by atoms with E-state index in [2.05, 4.69) is 26.0 Å². The lowest BCUT2D eigenvalue weighted by atomic mass is 9.86. The second-order valence-electron chi connectivity index (χ2n) is 10.8. The van der Waals surface area contributed by atoms with Crippen molar-refractivity contribution < 1.29 is 9.53 Å². The van der Waals surface area contributed by atoms with Gasteiger partial charge in [-0.15, -0.1) is 0 Å². The molecule has 3 heterocycles. The van der Waals surface area contributed by atoms with Crippen LogP contribution in [-0.4, -0.2) is 52.7 Å². The molecule has 2 aromatic rings. The molecule has 0 radical (unpaired) electrons. The number of carbonyl (C=O) groups is 1. The number of azide groups is 1. The number of aromatic nitrogens is 2. The van der Waals surface area contributed by atoms with Crippen molar-refractivity contribution in [3.63, 3.8) is 0 Å². The quantitative estimate of drug-likeness (QED) is 0.274. The smallest absolute Gasteiger partial charge is 0.410 e. The number of anilines is 1. The van der Waals surface area contributed by atoms with E-state index in [1.54, 1.807) is 4.90 Å². The van der Waals surface area contributed by atoms with Gasteiger partial charge in [-0.1, -0.05) is 37.2 Å². The molecule has 1 saturated heterocycles. The van der Waals surface area contributed by atoms with Crippen LogP contribution >= 0.6 is 0 Å². The summed E-state index contributed by atoms with van der Waals surface area (Å²) >= 11 is 0. The van der Waals surface area contributed by atoms with Crippen molar-refractivity contribution in [3.05, 3.63) is 52.2 Å². The highest BCUT2D eigenvalue weighted by Gasteiger charge is 2.26. The predicted octanol–water partition coefficient (Wildman–Crippen LogP) is 6.13. The molecular weight excluding hydrogens is 454 g/mol. The van der Waals surface area contributed by atoms with Gasteiger partial charge in [0.2, 0.25) is 0 Å². The summed E-state index contributed by atoms with van der Waals surface area (Å²) in [5.74, 6) is 1.53. The molecule has 0 aromatic carbocycles. The van der Waals surface area contributed by atoms with E-state index in [1.807, 2.05) is 45.2 Å². The van der Waals surface area contributed by atoms with Crippen molar-refractivity contribution in [1.29, 1.82) is 0 Å². The number of carbonyl (C=O) groups excluding carboxylic acids is 1. The van der Waals surface area contributed by atoms with Crippen molar-refractivity contribution in [1.82, 2.24) is 14.9 Å². The van der Waals surface area contributed by atoms with Crippen molar-refractivity contribution in [3.8, 4) is 11.3 Å². The molecule has 0 unspecified atom stereocenters. The van der Waals surface area contributed by atoms with Gasteiger partial charge in [0.1, 0.15) is 11.4 Å². The Bertz CT molecular complexity index is 1090. The molecule has 2 aromatic heterocycles. The summed E-state index contributed by atoms with van der Waals surface area (Å²) in [5.41, 5.74) is 12.2. The van der Waals surface area contributed by atoms with E-state index in [0.717, 1.165) is 34.8 Å². The van der Waals surface area contributed by atoms with E-state index < -0.39 is 5.60 Å². The van der Waals surface area contributed by atoms with Crippen LogP contribution in [-0.2, 0) is 17.7 Å². The molecule has 0 bridgehead atoms. The number of ether oxygens (including phenoxy) is 1. The van der Waals surface area contributed by atoms with Gasteiger partial charge in [0.15, 0.2) is 0 Å². The van der Waals surface area contributed by atoms with Gasteiger partial charge in [-0.05, 0) is 68.5 Å². The Kier molecular flexibility index (Phi) is 8.31. The van der Waals surface area contributed by atoms with Crippen LogP contribution in [0.1, 0.15) is 64.1 Å². The van der Waals surface area contributed by atoms with Crippen LogP contribution in [0.5, 0.6) is 0 Å². The van der Waals surface area contributed by atoms with E-state index in [0.29, 0.717) is 32.1 Å². The van der Waals surface area contributed by atoms with Crippen LogP contribution in [0.15, 0.2) is 35.6 Å². The third kappa shape index (κ3) is 7.10. The first-order chi connectivity index (χ1) is 17.3. The second-order valence-corrected chi connectivity index (χ2v) is 10.8. The lowest BCUT2D eigenvalue weighted by Gasteiger charge is -2.36. The molecular formula is C27H37N7O2. The second kappa shape index (κ2) is 11.6. The van der Waals surface area contributed by atoms with Gasteiger partial charge in [-0.3, -0.25) is 4.98 Å². The average molecular weight is 492 g/mol. The Hall–Kier alpha value is -3.32. The molecule has 2 fully saturated rings. The maximum atomic E-state index is 12.5. The molecule has 2 aliphatic rings. The third-order valence-corrected chi connectivity index (χ3v) is 6.78. The lowest BCUT2D eigenvalue weighted by molar-refractivity contribution is 0.0240. The molecule has 1 amide bonds. The highest BCUT2D eigenvalue weighted by Crippen LogP contribution is 2.29. The van der Waals surface area contributed by atoms with Crippen molar-refractivity contribution in [2.75, 3.05) is 31.1 Å². The molecule has 1 aliphatic heterocycles. The number of hydrogen-bond acceptors (Lipinski definition) is 6. The van der Waals surface area contributed by atoms with Gasteiger partial charge in [0, 0.05) is 48.5 Å². The van der Waals surface area contributed by atoms with E-state index in [9.17, 15) is 4.79 Å². The number of hydrogen-bond donors (Lipinski definition) is 0. The predicted molar refractivity (Wildman–Crippen MR) is 141 cm³/mol. The first kappa shape index (κ1) is 25.8. The molecule has 9 nitrogen and oxygen atoms in total. The van der Waals surface area contributed by atoms with Crippen molar-refractivity contribution >= 4 is 11.9 Å². The molecule has 1 saturated carbocycles. The van der Waals surface area contributed by atoms with Gasteiger partial charge >= 0.3 is 6.09 Å².